The molecule has 6 nitrogen and oxygen atoms in total. The standard InChI is InChI=1S/C19H16BrN5OS2/c1-27-19-24-23-18(28-19)25-13-3-2-4-14(26)16(13)15(12(9-21)17(25)22)10-5-7-11(20)8-6-10/h5-8,15H,2-4,22H2,1H3. The van der Waals surface area contributed by atoms with Gasteiger partial charge in [0.05, 0.1) is 17.6 Å². The number of thioether (sulfide) groups is 1. The van der Waals surface area contributed by atoms with Crippen LogP contribution in [0.25, 0.3) is 0 Å². The van der Waals surface area contributed by atoms with Gasteiger partial charge in [-0.3, -0.25) is 9.69 Å². The van der Waals surface area contributed by atoms with Crippen molar-refractivity contribution in [3.8, 4) is 6.07 Å². The van der Waals surface area contributed by atoms with Crippen LogP contribution in [-0.4, -0.2) is 22.2 Å². The molecule has 1 aromatic heterocycles. The van der Waals surface area contributed by atoms with Gasteiger partial charge in [0.2, 0.25) is 5.13 Å². The minimum absolute atomic E-state index is 0.0639. The normalized spacial score (nSPS) is 19.7. The molecular formula is C19H16BrN5OS2. The van der Waals surface area contributed by atoms with Gasteiger partial charge in [-0.2, -0.15) is 5.26 Å². The van der Waals surface area contributed by atoms with Gasteiger partial charge < -0.3 is 5.73 Å². The summed E-state index contributed by atoms with van der Waals surface area (Å²) in [6.07, 6.45) is 3.87. The molecule has 1 aromatic carbocycles. The maximum atomic E-state index is 13.0. The van der Waals surface area contributed by atoms with Crippen LogP contribution < -0.4 is 10.6 Å². The van der Waals surface area contributed by atoms with E-state index in [-0.39, 0.29) is 5.78 Å². The van der Waals surface area contributed by atoms with Gasteiger partial charge in [0.15, 0.2) is 10.1 Å². The molecule has 0 saturated carbocycles. The number of nitrogens with zero attached hydrogens (tertiary/aromatic N) is 4. The summed E-state index contributed by atoms with van der Waals surface area (Å²) in [5.74, 6) is -0.0632. The van der Waals surface area contributed by atoms with Crippen LogP contribution in [0.15, 0.2) is 55.7 Å². The van der Waals surface area contributed by atoms with Crippen molar-refractivity contribution in [3.05, 3.63) is 57.0 Å². The highest BCUT2D eigenvalue weighted by molar-refractivity contribution is 9.10. The minimum atomic E-state index is -0.454. The lowest BCUT2D eigenvalue weighted by atomic mass is 9.76. The predicted octanol–water partition coefficient (Wildman–Crippen LogP) is 4.33. The van der Waals surface area contributed by atoms with Crippen molar-refractivity contribution in [1.82, 2.24) is 10.2 Å². The number of carbonyl (C=O) groups is 1. The Morgan fingerprint density at radius 3 is 2.71 bits per heavy atom. The van der Waals surface area contributed by atoms with E-state index < -0.39 is 5.92 Å². The van der Waals surface area contributed by atoms with Crippen LogP contribution in [0.3, 0.4) is 0 Å². The van der Waals surface area contributed by atoms with E-state index in [1.165, 1.54) is 23.1 Å². The molecule has 28 heavy (non-hydrogen) atoms. The van der Waals surface area contributed by atoms with E-state index in [1.54, 1.807) is 4.90 Å². The summed E-state index contributed by atoms with van der Waals surface area (Å²) in [4.78, 5) is 14.7. The number of Topliss-reactive ketones (excluding diaryl/α,β-unsaturated/α-hetero) is 1. The molecule has 4 rings (SSSR count). The zero-order chi connectivity index (χ0) is 19.8. The molecule has 1 aliphatic carbocycles. The first-order chi connectivity index (χ1) is 13.5. The lowest BCUT2D eigenvalue weighted by Gasteiger charge is -2.38. The molecular weight excluding hydrogens is 458 g/mol. The number of nitriles is 1. The van der Waals surface area contributed by atoms with Gasteiger partial charge in [0.1, 0.15) is 5.82 Å². The van der Waals surface area contributed by atoms with Gasteiger partial charge in [-0.1, -0.05) is 51.2 Å². The average molecular weight is 474 g/mol. The Morgan fingerprint density at radius 1 is 1.32 bits per heavy atom. The van der Waals surface area contributed by atoms with Crippen LogP contribution in [0.1, 0.15) is 30.7 Å². The van der Waals surface area contributed by atoms with Gasteiger partial charge in [-0.15, -0.1) is 10.2 Å². The number of anilines is 1. The van der Waals surface area contributed by atoms with E-state index in [0.29, 0.717) is 34.9 Å². The second kappa shape index (κ2) is 7.70. The second-order valence-electron chi connectivity index (χ2n) is 6.42. The van der Waals surface area contributed by atoms with Gasteiger partial charge in [-0.05, 0) is 36.8 Å². The third kappa shape index (κ3) is 3.15. The van der Waals surface area contributed by atoms with Crippen molar-refractivity contribution in [2.45, 2.75) is 29.5 Å². The van der Waals surface area contributed by atoms with Gasteiger partial charge >= 0.3 is 0 Å². The first-order valence-corrected chi connectivity index (χ1v) is 11.5. The molecule has 2 heterocycles. The summed E-state index contributed by atoms with van der Waals surface area (Å²) in [5.41, 5.74) is 9.23. The fourth-order valence-corrected chi connectivity index (χ4v) is 5.23. The summed E-state index contributed by atoms with van der Waals surface area (Å²) in [6.45, 7) is 0. The highest BCUT2D eigenvalue weighted by Crippen LogP contribution is 2.47. The average Bonchev–Trinajstić information content (AvgIpc) is 3.17. The van der Waals surface area contributed by atoms with Gasteiger partial charge in [-0.25, -0.2) is 0 Å². The lowest BCUT2D eigenvalue weighted by Crippen LogP contribution is -2.38. The number of aromatic nitrogens is 2. The number of benzene rings is 1. The van der Waals surface area contributed by atoms with E-state index in [2.05, 4.69) is 32.2 Å². The second-order valence-corrected chi connectivity index (χ2v) is 9.35. The monoisotopic (exact) mass is 473 g/mol. The molecule has 1 aliphatic heterocycles. The minimum Gasteiger partial charge on any atom is -0.384 e. The molecule has 0 fully saturated rings. The molecule has 9 heteroatoms. The molecule has 0 amide bonds. The molecule has 1 unspecified atom stereocenters. The third-order valence-electron chi connectivity index (χ3n) is 4.88. The number of rotatable bonds is 3. The fourth-order valence-electron chi connectivity index (χ4n) is 3.67. The zero-order valence-corrected chi connectivity index (χ0v) is 18.2. The topological polar surface area (TPSA) is 95.9 Å². The van der Waals surface area contributed by atoms with Crippen molar-refractivity contribution in [1.29, 1.82) is 5.26 Å². The van der Waals surface area contributed by atoms with Crippen LogP contribution in [-0.2, 0) is 4.79 Å². The van der Waals surface area contributed by atoms with E-state index >= 15 is 0 Å². The molecule has 0 bridgehead atoms. The summed E-state index contributed by atoms with van der Waals surface area (Å²) in [6, 6.07) is 9.94. The van der Waals surface area contributed by atoms with Gasteiger partial charge in [0, 0.05) is 22.2 Å². The first-order valence-electron chi connectivity index (χ1n) is 8.64. The van der Waals surface area contributed by atoms with E-state index in [1.807, 2.05) is 30.5 Å². The van der Waals surface area contributed by atoms with Crippen LogP contribution in [0.5, 0.6) is 0 Å². The number of allylic oxidation sites excluding steroid dienone is 3. The molecule has 2 N–H and O–H groups in total. The van der Waals surface area contributed by atoms with E-state index in [4.69, 9.17) is 5.73 Å². The van der Waals surface area contributed by atoms with E-state index in [9.17, 15) is 10.1 Å². The number of halogens is 1. The van der Waals surface area contributed by atoms with Crippen LogP contribution in [0.2, 0.25) is 0 Å². The Hall–Kier alpha value is -2.15. The quantitative estimate of drug-likeness (QED) is 0.662. The molecule has 1 atom stereocenters. The van der Waals surface area contributed by atoms with E-state index in [0.717, 1.165) is 26.5 Å². The van der Waals surface area contributed by atoms with Crippen molar-refractivity contribution >= 4 is 49.9 Å². The predicted molar refractivity (Wildman–Crippen MR) is 114 cm³/mol. The Morgan fingerprint density at radius 2 is 2.07 bits per heavy atom. The van der Waals surface area contributed by atoms with Crippen molar-refractivity contribution in [3.63, 3.8) is 0 Å². The lowest BCUT2D eigenvalue weighted by molar-refractivity contribution is -0.116. The Bertz CT molecular complexity index is 1050. The SMILES string of the molecule is CSc1nnc(N2C(N)=C(C#N)C(c3ccc(Br)cc3)C3=C2CCCC3=O)s1. The zero-order valence-electron chi connectivity index (χ0n) is 15.0. The number of hydrogen-bond acceptors (Lipinski definition) is 8. The molecule has 2 aromatic rings. The smallest absolute Gasteiger partial charge is 0.219 e. The Balaban J connectivity index is 1.93. The number of hydrogen-bond donors (Lipinski definition) is 1. The summed E-state index contributed by atoms with van der Waals surface area (Å²) < 4.78 is 1.74. The maximum absolute atomic E-state index is 13.0. The molecule has 0 radical (unpaired) electrons. The first kappa shape index (κ1) is 19.2. The van der Waals surface area contributed by atoms with Gasteiger partial charge in [0.25, 0.3) is 0 Å². The highest BCUT2D eigenvalue weighted by atomic mass is 79.9. The maximum Gasteiger partial charge on any atom is 0.219 e. The number of carbonyl (C=O) groups excluding carboxylic acids is 1. The fraction of sp³-hybridized carbons (Fsp3) is 0.263. The van der Waals surface area contributed by atoms with Crippen molar-refractivity contribution in [2.24, 2.45) is 5.73 Å². The molecule has 0 spiro atoms. The van der Waals surface area contributed by atoms with Crippen molar-refractivity contribution in [2.75, 3.05) is 11.2 Å². The summed E-state index contributed by atoms with van der Waals surface area (Å²) in [7, 11) is 0. The summed E-state index contributed by atoms with van der Waals surface area (Å²) in [5, 5.41) is 18.9. The van der Waals surface area contributed by atoms with Crippen LogP contribution >= 0.6 is 39.0 Å². The molecule has 142 valence electrons. The summed E-state index contributed by atoms with van der Waals surface area (Å²) >= 11 is 6.34. The highest BCUT2D eigenvalue weighted by Gasteiger charge is 2.41. The third-order valence-corrected chi connectivity index (χ3v) is 7.29. The Labute approximate surface area is 179 Å². The Kier molecular flexibility index (Phi) is 5.27. The number of nitrogens with two attached hydrogens (primary N) is 1. The van der Waals surface area contributed by atoms with Crippen LogP contribution in [0.4, 0.5) is 5.13 Å². The molecule has 2 aliphatic rings. The molecule has 0 saturated heterocycles. The number of ketones is 1. The van der Waals surface area contributed by atoms with Crippen molar-refractivity contribution < 1.29 is 4.79 Å². The largest absolute Gasteiger partial charge is 0.384 e. The van der Waals surface area contributed by atoms with Crippen LogP contribution in [0, 0.1) is 11.3 Å².